The molecule has 1 aliphatic heterocycles. The number of amides is 2. The van der Waals surface area contributed by atoms with Crippen molar-refractivity contribution in [2.45, 2.75) is 40.0 Å². The normalized spacial score (nSPS) is 13.5. The quantitative estimate of drug-likeness (QED) is 0.482. The number of nitrogens with zero attached hydrogens (tertiary/aromatic N) is 4. The van der Waals surface area contributed by atoms with Gasteiger partial charge in [-0.3, -0.25) is 9.89 Å². The topological polar surface area (TPSA) is 86.9 Å². The van der Waals surface area contributed by atoms with Crippen LogP contribution in [0.5, 0.6) is 0 Å². The summed E-state index contributed by atoms with van der Waals surface area (Å²) in [5, 5.41) is 2.77. The fraction of sp³-hybridized carbons (Fsp3) is 0.458. The average Bonchev–Trinajstić information content (AvgIpc) is 3.15. The Morgan fingerprint density at radius 2 is 2.19 bits per heavy atom. The summed E-state index contributed by atoms with van der Waals surface area (Å²) in [5.41, 5.74) is 8.83. The van der Waals surface area contributed by atoms with Crippen molar-refractivity contribution in [2.75, 3.05) is 48.0 Å². The molecule has 0 fully saturated rings. The van der Waals surface area contributed by atoms with E-state index in [0.29, 0.717) is 30.0 Å². The number of benzene rings is 1. The van der Waals surface area contributed by atoms with Gasteiger partial charge >= 0.3 is 6.03 Å². The zero-order valence-electron chi connectivity index (χ0n) is 19.6. The summed E-state index contributed by atoms with van der Waals surface area (Å²) >= 11 is 0. The Morgan fingerprint density at radius 3 is 2.88 bits per heavy atom. The van der Waals surface area contributed by atoms with Crippen molar-refractivity contribution in [3.63, 3.8) is 0 Å². The van der Waals surface area contributed by atoms with Gasteiger partial charge in [0.05, 0.1) is 5.69 Å². The van der Waals surface area contributed by atoms with Crippen LogP contribution in [0.1, 0.15) is 44.7 Å². The lowest BCUT2D eigenvalue weighted by Crippen LogP contribution is -2.34. The smallest absolute Gasteiger partial charge is 0.327 e. The minimum Gasteiger partial charge on any atom is -0.396 e. The summed E-state index contributed by atoms with van der Waals surface area (Å²) in [7, 11) is 3.66. The second kappa shape index (κ2) is 9.54. The highest BCUT2D eigenvalue weighted by Gasteiger charge is 2.30. The van der Waals surface area contributed by atoms with Crippen molar-refractivity contribution in [3.05, 3.63) is 41.3 Å². The van der Waals surface area contributed by atoms with Gasteiger partial charge in [-0.2, -0.15) is 0 Å². The van der Waals surface area contributed by atoms with Crippen LogP contribution in [0.3, 0.4) is 0 Å². The van der Waals surface area contributed by atoms with Crippen LogP contribution in [0.4, 0.5) is 32.1 Å². The zero-order chi connectivity index (χ0) is 23.5. The van der Waals surface area contributed by atoms with E-state index in [1.54, 1.807) is 24.2 Å². The summed E-state index contributed by atoms with van der Waals surface area (Å²) < 4.78 is 14.2. The number of hydrogen-bond acceptors (Lipinski definition) is 5. The third-order valence-electron chi connectivity index (χ3n) is 5.78. The molecule has 0 bridgehead atoms. The van der Waals surface area contributed by atoms with Crippen LogP contribution in [0, 0.1) is 11.2 Å². The van der Waals surface area contributed by atoms with E-state index >= 15 is 0 Å². The molecule has 2 aromatic rings. The third kappa shape index (κ3) is 5.00. The first kappa shape index (κ1) is 23.5. The van der Waals surface area contributed by atoms with E-state index in [2.05, 4.69) is 48.0 Å². The lowest BCUT2D eigenvalue weighted by molar-refractivity contribution is 0.257. The zero-order valence-corrected chi connectivity index (χ0v) is 19.6. The van der Waals surface area contributed by atoms with Crippen LogP contribution < -0.4 is 20.9 Å². The van der Waals surface area contributed by atoms with Gasteiger partial charge in [0.25, 0.3) is 0 Å². The van der Waals surface area contributed by atoms with E-state index in [4.69, 9.17) is 5.73 Å². The number of fused-ring (bicyclic) bond motifs is 1. The van der Waals surface area contributed by atoms with Crippen molar-refractivity contribution >= 4 is 35.1 Å². The summed E-state index contributed by atoms with van der Waals surface area (Å²) in [6, 6.07) is 4.47. The monoisotopic (exact) mass is 440 g/mol. The molecule has 32 heavy (non-hydrogen) atoms. The lowest BCUT2D eigenvalue weighted by Gasteiger charge is -2.32. The lowest BCUT2D eigenvalue weighted by atomic mass is 9.87. The first-order valence-electron chi connectivity index (χ1n) is 11.0. The molecule has 2 amide bonds. The molecule has 1 aromatic heterocycles. The number of nitrogens with one attached hydrogen (secondary N) is 1. The molecule has 172 valence electrons. The van der Waals surface area contributed by atoms with Crippen LogP contribution in [0.15, 0.2) is 29.4 Å². The van der Waals surface area contributed by atoms with Crippen molar-refractivity contribution in [2.24, 2.45) is 10.4 Å². The summed E-state index contributed by atoms with van der Waals surface area (Å²) in [4.78, 5) is 25.2. The van der Waals surface area contributed by atoms with Crippen LogP contribution in [-0.2, 0) is 6.42 Å². The van der Waals surface area contributed by atoms with Crippen molar-refractivity contribution < 1.29 is 9.18 Å². The number of nitrogen functional groups attached to an aromatic ring is 1. The van der Waals surface area contributed by atoms with Crippen LogP contribution in [0.2, 0.25) is 0 Å². The molecular formula is C24H33FN6O. The molecule has 8 heteroatoms. The molecule has 3 N–H and O–H groups in total. The Hall–Kier alpha value is -3.16. The van der Waals surface area contributed by atoms with E-state index in [0.717, 1.165) is 30.6 Å². The van der Waals surface area contributed by atoms with Gasteiger partial charge in [-0.25, -0.2) is 14.2 Å². The Balaban J connectivity index is 1.81. The van der Waals surface area contributed by atoms with Gasteiger partial charge in [-0.05, 0) is 36.5 Å². The molecule has 7 nitrogen and oxygen atoms in total. The Bertz CT molecular complexity index is 1020. The summed E-state index contributed by atoms with van der Waals surface area (Å²) in [5.74, 6) is 0.0441. The van der Waals surface area contributed by atoms with Crippen LogP contribution >= 0.6 is 0 Å². The number of halogens is 1. The van der Waals surface area contributed by atoms with E-state index in [9.17, 15) is 9.18 Å². The Labute approximate surface area is 189 Å². The second-order valence-corrected chi connectivity index (χ2v) is 9.08. The number of aromatic nitrogens is 1. The predicted octanol–water partition coefficient (Wildman–Crippen LogP) is 4.71. The number of anilines is 4. The molecule has 0 spiro atoms. The number of hydrogen-bond donors (Lipinski definition) is 2. The number of aliphatic imine (C=N–C) groups is 1. The van der Waals surface area contributed by atoms with E-state index in [1.165, 1.54) is 12.3 Å². The molecule has 3 rings (SSSR count). The maximum Gasteiger partial charge on any atom is 0.327 e. The predicted molar refractivity (Wildman–Crippen MR) is 131 cm³/mol. The molecule has 0 aliphatic carbocycles. The van der Waals surface area contributed by atoms with E-state index in [-0.39, 0.29) is 17.1 Å². The number of carbonyl (C=O) groups is 1. The molecule has 0 saturated heterocycles. The number of rotatable bonds is 7. The first-order chi connectivity index (χ1) is 15.2. The molecule has 2 heterocycles. The highest BCUT2D eigenvalue weighted by molar-refractivity contribution is 6.03. The van der Waals surface area contributed by atoms with Gasteiger partial charge in [0, 0.05) is 62.1 Å². The average molecular weight is 441 g/mol. The van der Waals surface area contributed by atoms with Gasteiger partial charge in [0.2, 0.25) is 0 Å². The highest BCUT2D eigenvalue weighted by atomic mass is 19.1. The van der Waals surface area contributed by atoms with Crippen molar-refractivity contribution in [1.29, 1.82) is 0 Å². The number of urea groups is 1. The van der Waals surface area contributed by atoms with Gasteiger partial charge in [-0.15, -0.1) is 0 Å². The van der Waals surface area contributed by atoms with Crippen molar-refractivity contribution in [3.8, 4) is 0 Å². The van der Waals surface area contributed by atoms with Crippen LogP contribution in [-0.4, -0.2) is 44.4 Å². The SMILES string of the molecule is CCCC(C)(C)CN(C)c1ccnc2c1CCN2C(=O)Nc1cc(F)c(N)c(C=NC)c1. The minimum absolute atomic E-state index is 0.000426. The first-order valence-corrected chi connectivity index (χ1v) is 11.0. The van der Waals surface area contributed by atoms with Crippen molar-refractivity contribution in [1.82, 2.24) is 4.98 Å². The molecule has 0 saturated carbocycles. The van der Waals surface area contributed by atoms with Gasteiger partial charge in [0.15, 0.2) is 0 Å². The Morgan fingerprint density at radius 1 is 1.44 bits per heavy atom. The highest BCUT2D eigenvalue weighted by Crippen LogP contribution is 2.35. The number of pyridine rings is 1. The maximum atomic E-state index is 14.2. The summed E-state index contributed by atoms with van der Waals surface area (Å²) in [6.07, 6.45) is 6.20. The summed E-state index contributed by atoms with van der Waals surface area (Å²) in [6.45, 7) is 8.18. The number of nitrogens with two attached hydrogens (primary N) is 1. The second-order valence-electron chi connectivity index (χ2n) is 9.08. The fourth-order valence-corrected chi connectivity index (χ4v) is 4.46. The van der Waals surface area contributed by atoms with E-state index < -0.39 is 5.82 Å². The molecular weight excluding hydrogens is 407 g/mol. The Kier molecular flexibility index (Phi) is 7.01. The fourth-order valence-electron chi connectivity index (χ4n) is 4.46. The maximum absolute atomic E-state index is 14.2. The minimum atomic E-state index is -0.601. The van der Waals surface area contributed by atoms with Gasteiger partial charge in [0.1, 0.15) is 11.6 Å². The molecule has 0 radical (unpaired) electrons. The number of carbonyl (C=O) groups excluding carboxylic acids is 1. The largest absolute Gasteiger partial charge is 0.396 e. The molecule has 0 unspecified atom stereocenters. The molecule has 0 atom stereocenters. The van der Waals surface area contributed by atoms with E-state index in [1.807, 2.05) is 6.07 Å². The third-order valence-corrected chi connectivity index (χ3v) is 5.78. The standard InChI is InChI=1S/C24H33FN6O/c1-6-9-24(2,3)15-30(5)20-7-10-28-22-18(20)8-11-31(22)23(32)29-17-12-16(14-27-4)21(26)19(25)13-17/h7,10,12-14H,6,8-9,11,15,26H2,1-5H3,(H,29,32). The van der Waals surface area contributed by atoms with Gasteiger partial charge < -0.3 is 16.0 Å². The molecule has 1 aromatic carbocycles. The van der Waals surface area contributed by atoms with Crippen LogP contribution in [0.25, 0.3) is 0 Å². The van der Waals surface area contributed by atoms with Gasteiger partial charge in [-0.1, -0.05) is 27.2 Å². The molecule has 1 aliphatic rings.